The quantitative estimate of drug-likeness (QED) is 0.896. The number of aliphatic hydroxyl groups excluding tert-OH is 1. The van der Waals surface area contributed by atoms with Crippen molar-refractivity contribution in [3.05, 3.63) is 33.8 Å². The molecule has 2 rings (SSSR count). The molecule has 0 aliphatic carbocycles. The van der Waals surface area contributed by atoms with Crippen LogP contribution < -0.4 is 5.32 Å². The summed E-state index contributed by atoms with van der Waals surface area (Å²) in [6, 6.07) is 5.01. The molecule has 1 aliphatic heterocycles. The zero-order valence-corrected chi connectivity index (χ0v) is 11.7. The topological polar surface area (TPSA) is 58.6 Å². The van der Waals surface area contributed by atoms with Crippen molar-refractivity contribution in [3.8, 4) is 0 Å². The molecule has 0 spiro atoms. The van der Waals surface area contributed by atoms with Crippen LogP contribution in [0.1, 0.15) is 18.1 Å². The van der Waals surface area contributed by atoms with Crippen LogP contribution in [0.4, 0.5) is 0 Å². The second-order valence-electron chi connectivity index (χ2n) is 4.46. The predicted molar refractivity (Wildman–Crippen MR) is 73.4 cm³/mol. The molecule has 0 aromatic heterocycles. The number of ether oxygens (including phenoxy) is 1. The summed E-state index contributed by atoms with van der Waals surface area (Å²) in [7, 11) is 0. The van der Waals surface area contributed by atoms with Crippen LogP contribution in [-0.2, 0) is 9.53 Å². The van der Waals surface area contributed by atoms with Crippen molar-refractivity contribution < 1.29 is 14.6 Å². The average Bonchev–Trinajstić information content (AvgIpc) is 2.89. The molecule has 19 heavy (non-hydrogen) atoms. The minimum Gasteiger partial charge on any atom is -0.386 e. The van der Waals surface area contributed by atoms with Gasteiger partial charge in [-0.2, -0.15) is 0 Å². The van der Waals surface area contributed by atoms with E-state index in [2.05, 4.69) is 5.32 Å². The maximum atomic E-state index is 11.8. The van der Waals surface area contributed by atoms with E-state index >= 15 is 0 Å². The van der Waals surface area contributed by atoms with E-state index in [0.29, 0.717) is 28.8 Å². The molecule has 104 valence electrons. The van der Waals surface area contributed by atoms with Gasteiger partial charge in [-0.1, -0.05) is 29.3 Å². The molecule has 1 aromatic rings. The molecule has 1 fully saturated rings. The van der Waals surface area contributed by atoms with Gasteiger partial charge in [0.05, 0.1) is 18.6 Å². The number of aliphatic hydroxyl groups is 1. The maximum Gasteiger partial charge on any atom is 0.225 e. The highest BCUT2D eigenvalue weighted by Crippen LogP contribution is 2.29. The molecule has 1 amide bonds. The number of hydrogen-bond acceptors (Lipinski definition) is 3. The third kappa shape index (κ3) is 3.60. The van der Waals surface area contributed by atoms with Gasteiger partial charge in [-0.05, 0) is 18.6 Å². The van der Waals surface area contributed by atoms with Gasteiger partial charge in [-0.3, -0.25) is 4.79 Å². The lowest BCUT2D eigenvalue weighted by Crippen LogP contribution is -2.34. The third-order valence-corrected chi connectivity index (χ3v) is 3.76. The van der Waals surface area contributed by atoms with Gasteiger partial charge < -0.3 is 15.2 Å². The molecule has 6 heteroatoms. The molecule has 1 saturated heterocycles. The van der Waals surface area contributed by atoms with E-state index in [4.69, 9.17) is 27.9 Å². The molecule has 0 radical (unpaired) electrons. The van der Waals surface area contributed by atoms with E-state index in [9.17, 15) is 9.90 Å². The first-order valence-corrected chi connectivity index (χ1v) is 6.82. The Morgan fingerprint density at radius 2 is 2.16 bits per heavy atom. The highest BCUT2D eigenvalue weighted by molar-refractivity contribution is 6.36. The Labute approximate surface area is 121 Å². The Hall–Kier alpha value is -0.810. The highest BCUT2D eigenvalue weighted by Gasteiger charge is 2.24. The van der Waals surface area contributed by atoms with Crippen LogP contribution in [0.15, 0.2) is 18.2 Å². The van der Waals surface area contributed by atoms with Crippen molar-refractivity contribution in [3.63, 3.8) is 0 Å². The first-order chi connectivity index (χ1) is 9.09. The van der Waals surface area contributed by atoms with E-state index in [1.807, 2.05) is 0 Å². The summed E-state index contributed by atoms with van der Waals surface area (Å²) in [5, 5.41) is 13.5. The minimum atomic E-state index is -0.924. The number of rotatable bonds is 4. The number of nitrogens with one attached hydrogen (secondary N) is 1. The standard InChI is InChI=1S/C13H15Cl2NO3/c14-9-2-1-3-10(15)12(9)11(17)6-16-13(18)8-4-5-19-7-8/h1-3,8,11,17H,4-7H2,(H,16,18). The fourth-order valence-electron chi connectivity index (χ4n) is 2.01. The van der Waals surface area contributed by atoms with Gasteiger partial charge >= 0.3 is 0 Å². The third-order valence-electron chi connectivity index (χ3n) is 3.10. The molecule has 1 aromatic carbocycles. The predicted octanol–water partition coefficient (Wildman–Crippen LogP) is 2.18. The molecular formula is C13H15Cl2NO3. The fraction of sp³-hybridized carbons (Fsp3) is 0.462. The lowest BCUT2D eigenvalue weighted by Gasteiger charge is -2.16. The largest absolute Gasteiger partial charge is 0.386 e. The number of carbonyl (C=O) groups is 1. The van der Waals surface area contributed by atoms with E-state index in [1.54, 1.807) is 18.2 Å². The molecule has 2 atom stereocenters. The van der Waals surface area contributed by atoms with Crippen LogP contribution in [0.5, 0.6) is 0 Å². The zero-order chi connectivity index (χ0) is 13.8. The second-order valence-corrected chi connectivity index (χ2v) is 5.27. The Morgan fingerprint density at radius 1 is 1.47 bits per heavy atom. The van der Waals surface area contributed by atoms with Crippen molar-refractivity contribution in [1.29, 1.82) is 0 Å². The molecular weight excluding hydrogens is 289 g/mol. The number of benzene rings is 1. The second kappa shape index (κ2) is 6.57. The van der Waals surface area contributed by atoms with E-state index in [0.717, 1.165) is 6.42 Å². The normalized spacial score (nSPS) is 20.3. The average molecular weight is 304 g/mol. The van der Waals surface area contributed by atoms with Crippen molar-refractivity contribution in [2.45, 2.75) is 12.5 Å². The van der Waals surface area contributed by atoms with Crippen LogP contribution in [0.2, 0.25) is 10.0 Å². The van der Waals surface area contributed by atoms with Crippen molar-refractivity contribution >= 4 is 29.1 Å². The summed E-state index contributed by atoms with van der Waals surface area (Å²) in [6.07, 6.45) is -0.207. The number of halogens is 2. The smallest absolute Gasteiger partial charge is 0.225 e. The summed E-state index contributed by atoms with van der Waals surface area (Å²) in [5.74, 6) is -0.242. The van der Waals surface area contributed by atoms with Crippen molar-refractivity contribution in [2.24, 2.45) is 5.92 Å². The monoisotopic (exact) mass is 303 g/mol. The Bertz CT molecular complexity index is 441. The van der Waals surface area contributed by atoms with Crippen LogP contribution in [0.25, 0.3) is 0 Å². The molecule has 0 saturated carbocycles. The molecule has 1 heterocycles. The maximum absolute atomic E-state index is 11.8. The summed E-state index contributed by atoms with van der Waals surface area (Å²) >= 11 is 12.0. The summed E-state index contributed by atoms with van der Waals surface area (Å²) in [6.45, 7) is 1.13. The first-order valence-electron chi connectivity index (χ1n) is 6.07. The van der Waals surface area contributed by atoms with Gasteiger partial charge in [0, 0.05) is 28.8 Å². The Morgan fingerprint density at radius 3 is 2.74 bits per heavy atom. The van der Waals surface area contributed by atoms with Crippen LogP contribution in [0, 0.1) is 5.92 Å². The van der Waals surface area contributed by atoms with Gasteiger partial charge in [-0.25, -0.2) is 0 Å². The molecule has 4 nitrogen and oxygen atoms in total. The van der Waals surface area contributed by atoms with E-state index in [1.165, 1.54) is 0 Å². The Balaban J connectivity index is 1.93. The Kier molecular flexibility index (Phi) is 5.05. The molecule has 0 bridgehead atoms. The van der Waals surface area contributed by atoms with Crippen molar-refractivity contribution in [1.82, 2.24) is 5.32 Å². The molecule has 2 unspecified atom stereocenters. The van der Waals surface area contributed by atoms with E-state index < -0.39 is 6.10 Å². The van der Waals surface area contributed by atoms with Gasteiger partial charge in [0.1, 0.15) is 0 Å². The van der Waals surface area contributed by atoms with E-state index in [-0.39, 0.29) is 18.4 Å². The lowest BCUT2D eigenvalue weighted by molar-refractivity contribution is -0.125. The van der Waals surface area contributed by atoms with Gasteiger partial charge in [0.25, 0.3) is 0 Å². The number of carbonyl (C=O) groups excluding carboxylic acids is 1. The minimum absolute atomic E-state index is 0.0821. The number of hydrogen-bond donors (Lipinski definition) is 2. The van der Waals surface area contributed by atoms with Gasteiger partial charge in [0.15, 0.2) is 0 Å². The SMILES string of the molecule is O=C(NCC(O)c1c(Cl)cccc1Cl)C1CCOC1. The first kappa shape index (κ1) is 14.6. The van der Waals surface area contributed by atoms with Crippen LogP contribution >= 0.6 is 23.2 Å². The van der Waals surface area contributed by atoms with Gasteiger partial charge in [-0.15, -0.1) is 0 Å². The van der Waals surface area contributed by atoms with Crippen LogP contribution in [0.3, 0.4) is 0 Å². The molecule has 1 aliphatic rings. The van der Waals surface area contributed by atoms with Crippen LogP contribution in [-0.4, -0.2) is 30.8 Å². The number of amides is 1. The van der Waals surface area contributed by atoms with Gasteiger partial charge in [0.2, 0.25) is 5.91 Å². The van der Waals surface area contributed by atoms with Crippen molar-refractivity contribution in [2.75, 3.05) is 19.8 Å². The lowest BCUT2D eigenvalue weighted by atomic mass is 10.1. The summed E-state index contributed by atoms with van der Waals surface area (Å²) < 4.78 is 5.14. The fourth-order valence-corrected chi connectivity index (χ4v) is 2.66. The zero-order valence-electron chi connectivity index (χ0n) is 10.2. The summed E-state index contributed by atoms with van der Waals surface area (Å²) in [5.41, 5.74) is 0.439. The highest BCUT2D eigenvalue weighted by atomic mass is 35.5. The molecule has 2 N–H and O–H groups in total. The summed E-state index contributed by atoms with van der Waals surface area (Å²) in [4.78, 5) is 11.8.